The molecule has 0 atom stereocenters. The summed E-state index contributed by atoms with van der Waals surface area (Å²) in [4.78, 5) is 20.0. The quantitative estimate of drug-likeness (QED) is 0.261. The lowest BCUT2D eigenvalue weighted by Crippen LogP contribution is -2.00. The molecule has 2 heterocycles. The smallest absolute Gasteiger partial charge is 0.336 e. The lowest BCUT2D eigenvalue weighted by atomic mass is 10.0. The van der Waals surface area contributed by atoms with E-state index < -0.39 is 0 Å². The number of aromatic amines is 1. The molecule has 0 unspecified atom stereocenters. The number of benzene rings is 3. The van der Waals surface area contributed by atoms with Crippen LogP contribution in [0.1, 0.15) is 11.1 Å². The number of aromatic nitrogens is 2. The second kappa shape index (κ2) is 6.28. The fourth-order valence-corrected chi connectivity index (χ4v) is 4.31. The molecule has 4 nitrogen and oxygen atoms in total. The molecular formula is C22H16N2O2S. The molecule has 0 fully saturated rings. The SMILES string of the molecule is Cc1ccc2nc(SCc3cc(=O)oc4ccc5ccccc5c34)[nH]c2c1. The first-order chi connectivity index (χ1) is 13.2. The molecule has 5 heteroatoms. The van der Waals surface area contributed by atoms with Gasteiger partial charge in [-0.15, -0.1) is 0 Å². The standard InChI is InChI=1S/C22H16N2O2S/c1-13-6-8-17-18(10-13)24-22(23-17)27-12-15-11-20(25)26-19-9-7-14-4-2-3-5-16(14)21(15)19/h2-11H,12H2,1H3,(H,23,24). The van der Waals surface area contributed by atoms with E-state index in [-0.39, 0.29) is 5.63 Å². The first-order valence-corrected chi connectivity index (χ1v) is 9.69. The molecule has 0 radical (unpaired) electrons. The number of H-pyrrole nitrogens is 1. The van der Waals surface area contributed by atoms with E-state index in [1.165, 1.54) is 5.56 Å². The molecule has 0 aliphatic heterocycles. The zero-order valence-electron chi connectivity index (χ0n) is 14.7. The Kier molecular flexibility index (Phi) is 3.76. The summed E-state index contributed by atoms with van der Waals surface area (Å²) in [6, 6.07) is 19.8. The fourth-order valence-electron chi connectivity index (χ4n) is 3.45. The minimum atomic E-state index is -0.325. The van der Waals surface area contributed by atoms with Gasteiger partial charge in [0.15, 0.2) is 5.16 Å². The van der Waals surface area contributed by atoms with E-state index in [9.17, 15) is 4.79 Å². The molecule has 5 aromatic rings. The number of hydrogen-bond acceptors (Lipinski definition) is 4. The largest absolute Gasteiger partial charge is 0.423 e. The third-order valence-electron chi connectivity index (χ3n) is 4.69. The topological polar surface area (TPSA) is 58.9 Å². The molecule has 0 saturated heterocycles. The van der Waals surface area contributed by atoms with Gasteiger partial charge in [0.05, 0.1) is 11.0 Å². The van der Waals surface area contributed by atoms with Crippen LogP contribution in [0.25, 0.3) is 32.8 Å². The molecule has 5 rings (SSSR count). The summed E-state index contributed by atoms with van der Waals surface area (Å²) in [5, 5.41) is 4.06. The molecule has 0 bridgehead atoms. The van der Waals surface area contributed by atoms with Crippen molar-refractivity contribution in [3.8, 4) is 0 Å². The van der Waals surface area contributed by atoms with Crippen LogP contribution >= 0.6 is 11.8 Å². The van der Waals surface area contributed by atoms with Gasteiger partial charge in [0.2, 0.25) is 0 Å². The molecule has 3 aromatic carbocycles. The highest BCUT2D eigenvalue weighted by Crippen LogP contribution is 2.31. The number of imidazole rings is 1. The second-order valence-electron chi connectivity index (χ2n) is 6.60. The summed E-state index contributed by atoms with van der Waals surface area (Å²) in [6.07, 6.45) is 0. The molecule has 0 aliphatic rings. The van der Waals surface area contributed by atoms with Crippen LogP contribution in [0.2, 0.25) is 0 Å². The third-order valence-corrected chi connectivity index (χ3v) is 5.62. The van der Waals surface area contributed by atoms with Crippen LogP contribution in [0.15, 0.2) is 75.0 Å². The molecule has 1 N–H and O–H groups in total. The Labute approximate surface area is 159 Å². The normalized spacial score (nSPS) is 11.6. The maximum Gasteiger partial charge on any atom is 0.336 e. The van der Waals surface area contributed by atoms with E-state index >= 15 is 0 Å². The van der Waals surface area contributed by atoms with Gasteiger partial charge >= 0.3 is 5.63 Å². The maximum absolute atomic E-state index is 12.0. The van der Waals surface area contributed by atoms with Gasteiger partial charge in [-0.05, 0) is 47.0 Å². The van der Waals surface area contributed by atoms with Crippen molar-refractivity contribution >= 4 is 44.5 Å². The first-order valence-electron chi connectivity index (χ1n) is 8.71. The van der Waals surface area contributed by atoms with Crippen LogP contribution in [-0.2, 0) is 5.75 Å². The van der Waals surface area contributed by atoms with E-state index in [1.54, 1.807) is 17.8 Å². The average Bonchev–Trinajstić information content (AvgIpc) is 3.07. The zero-order chi connectivity index (χ0) is 18.4. The molecule has 27 heavy (non-hydrogen) atoms. The lowest BCUT2D eigenvalue weighted by Gasteiger charge is -2.08. The van der Waals surface area contributed by atoms with Gasteiger partial charge in [-0.3, -0.25) is 0 Å². The van der Waals surface area contributed by atoms with Crippen molar-refractivity contribution in [3.63, 3.8) is 0 Å². The molecular weight excluding hydrogens is 356 g/mol. The van der Waals surface area contributed by atoms with Crippen LogP contribution in [0.4, 0.5) is 0 Å². The Hall–Kier alpha value is -3.05. The minimum Gasteiger partial charge on any atom is -0.423 e. The van der Waals surface area contributed by atoms with E-state index in [0.717, 1.165) is 37.9 Å². The van der Waals surface area contributed by atoms with E-state index in [1.807, 2.05) is 30.3 Å². The number of thioether (sulfide) groups is 1. The van der Waals surface area contributed by atoms with Crippen molar-refractivity contribution in [1.82, 2.24) is 9.97 Å². The molecule has 0 saturated carbocycles. The van der Waals surface area contributed by atoms with Crippen molar-refractivity contribution in [1.29, 1.82) is 0 Å². The summed E-state index contributed by atoms with van der Waals surface area (Å²) in [5.74, 6) is 0.634. The van der Waals surface area contributed by atoms with Crippen molar-refractivity contribution in [2.24, 2.45) is 0 Å². The third kappa shape index (κ3) is 2.90. The summed E-state index contributed by atoms with van der Waals surface area (Å²) in [7, 11) is 0. The predicted octanol–water partition coefficient (Wildman–Crippen LogP) is 5.42. The van der Waals surface area contributed by atoms with Gasteiger partial charge in [-0.25, -0.2) is 9.78 Å². The van der Waals surface area contributed by atoms with E-state index in [4.69, 9.17) is 4.42 Å². The summed E-state index contributed by atoms with van der Waals surface area (Å²) in [6.45, 7) is 2.06. The van der Waals surface area contributed by atoms with Gasteiger partial charge in [0.25, 0.3) is 0 Å². The number of rotatable bonds is 3. The van der Waals surface area contributed by atoms with Gasteiger partial charge in [0.1, 0.15) is 5.58 Å². The molecule has 0 spiro atoms. The summed E-state index contributed by atoms with van der Waals surface area (Å²) >= 11 is 1.59. The van der Waals surface area contributed by atoms with Crippen LogP contribution in [0.5, 0.6) is 0 Å². The summed E-state index contributed by atoms with van der Waals surface area (Å²) < 4.78 is 5.44. The Bertz CT molecular complexity index is 1370. The Morgan fingerprint density at radius 1 is 1.07 bits per heavy atom. The molecule has 132 valence electrons. The highest BCUT2D eigenvalue weighted by atomic mass is 32.2. The predicted molar refractivity (Wildman–Crippen MR) is 110 cm³/mol. The van der Waals surface area contributed by atoms with Gasteiger partial charge in [-0.2, -0.15) is 0 Å². The Balaban J connectivity index is 1.59. The van der Waals surface area contributed by atoms with Crippen LogP contribution in [0.3, 0.4) is 0 Å². The first kappa shape index (κ1) is 16.1. The molecule has 0 aliphatic carbocycles. The lowest BCUT2D eigenvalue weighted by molar-refractivity contribution is 0.560. The van der Waals surface area contributed by atoms with Crippen molar-refractivity contribution in [2.45, 2.75) is 17.8 Å². The van der Waals surface area contributed by atoms with Crippen molar-refractivity contribution < 1.29 is 4.42 Å². The van der Waals surface area contributed by atoms with Crippen LogP contribution in [-0.4, -0.2) is 9.97 Å². The maximum atomic E-state index is 12.0. The highest BCUT2D eigenvalue weighted by molar-refractivity contribution is 7.98. The van der Waals surface area contributed by atoms with Gasteiger partial charge in [0, 0.05) is 17.2 Å². The van der Waals surface area contributed by atoms with Crippen LogP contribution in [0, 0.1) is 6.92 Å². The number of aryl methyl sites for hydroxylation is 1. The number of hydrogen-bond donors (Lipinski definition) is 1. The minimum absolute atomic E-state index is 0.325. The second-order valence-corrected chi connectivity index (χ2v) is 7.57. The molecule has 0 amide bonds. The zero-order valence-corrected chi connectivity index (χ0v) is 15.5. The van der Waals surface area contributed by atoms with Crippen molar-refractivity contribution in [2.75, 3.05) is 0 Å². The number of nitrogens with one attached hydrogen (secondary N) is 1. The fraction of sp³-hybridized carbons (Fsp3) is 0.0909. The van der Waals surface area contributed by atoms with Crippen molar-refractivity contribution in [3.05, 3.63) is 82.2 Å². The van der Waals surface area contributed by atoms with E-state index in [0.29, 0.717) is 11.3 Å². The summed E-state index contributed by atoms with van der Waals surface area (Å²) in [5.41, 5.74) is 4.43. The molecule has 2 aromatic heterocycles. The average molecular weight is 372 g/mol. The highest BCUT2D eigenvalue weighted by Gasteiger charge is 2.11. The Morgan fingerprint density at radius 3 is 2.89 bits per heavy atom. The monoisotopic (exact) mass is 372 g/mol. The van der Waals surface area contributed by atoms with Gasteiger partial charge < -0.3 is 9.40 Å². The number of fused-ring (bicyclic) bond motifs is 4. The van der Waals surface area contributed by atoms with Crippen LogP contribution < -0.4 is 5.63 Å². The Morgan fingerprint density at radius 2 is 1.96 bits per heavy atom. The van der Waals surface area contributed by atoms with Gasteiger partial charge in [-0.1, -0.05) is 48.2 Å². The van der Waals surface area contributed by atoms with E-state index in [2.05, 4.69) is 41.2 Å². The number of nitrogens with zero attached hydrogens (tertiary/aromatic N) is 1.